The van der Waals surface area contributed by atoms with E-state index in [9.17, 15) is 4.79 Å². The number of amidine groups is 1. The maximum Gasteiger partial charge on any atom is 0.225 e. The molecule has 4 heteroatoms. The summed E-state index contributed by atoms with van der Waals surface area (Å²) in [6.07, 6.45) is 1.57. The molecule has 1 amide bonds. The second-order valence-electron chi connectivity index (χ2n) is 2.21. The molecule has 11 heavy (non-hydrogen) atoms. The van der Waals surface area contributed by atoms with E-state index in [0.717, 1.165) is 0 Å². The molecule has 1 rings (SSSR count). The molecule has 0 bridgehead atoms. The Balaban J connectivity index is 2.82. The zero-order valence-electron chi connectivity index (χ0n) is 6.09. The predicted molar refractivity (Wildman–Crippen MR) is 38.8 cm³/mol. The molecule has 0 atom stereocenters. The number of carbonyl (C=O) groups excluding carboxylic acids is 1. The average Bonchev–Trinajstić information content (AvgIpc) is 2.30. The number of nitrogens with zero attached hydrogens (tertiary/aromatic N) is 2. The third-order valence-corrected chi connectivity index (χ3v) is 1.50. The Bertz CT molecular complexity index is 285. The lowest BCUT2D eigenvalue weighted by Gasteiger charge is -2.11. The lowest BCUT2D eigenvalue weighted by atomic mass is 10.3. The van der Waals surface area contributed by atoms with E-state index < -0.39 is 0 Å². The van der Waals surface area contributed by atoms with Crippen molar-refractivity contribution in [3.05, 3.63) is 11.6 Å². The first-order valence-electron chi connectivity index (χ1n) is 3.14. The SMILES string of the molecule is CC(=O)N1CC=C(C#N)C1=N. The second kappa shape index (κ2) is 2.54. The number of carbonyl (C=O) groups is 1. The van der Waals surface area contributed by atoms with E-state index in [1.807, 2.05) is 6.07 Å². The molecule has 0 radical (unpaired) electrons. The average molecular weight is 149 g/mol. The fourth-order valence-electron chi connectivity index (χ4n) is 0.901. The van der Waals surface area contributed by atoms with Gasteiger partial charge in [0.15, 0.2) is 0 Å². The molecule has 1 aliphatic heterocycles. The number of nitrogens with one attached hydrogen (secondary N) is 1. The third kappa shape index (κ3) is 1.13. The third-order valence-electron chi connectivity index (χ3n) is 1.50. The van der Waals surface area contributed by atoms with Crippen LogP contribution in [0.5, 0.6) is 0 Å². The summed E-state index contributed by atoms with van der Waals surface area (Å²) in [5.74, 6) is -0.184. The zero-order chi connectivity index (χ0) is 8.43. The van der Waals surface area contributed by atoms with E-state index in [1.165, 1.54) is 11.8 Å². The van der Waals surface area contributed by atoms with E-state index in [0.29, 0.717) is 6.54 Å². The van der Waals surface area contributed by atoms with Gasteiger partial charge in [-0.2, -0.15) is 5.26 Å². The Labute approximate surface area is 64.2 Å². The van der Waals surface area contributed by atoms with Gasteiger partial charge in [-0.05, 0) is 6.08 Å². The molecule has 0 spiro atoms. The van der Waals surface area contributed by atoms with Crippen molar-refractivity contribution in [2.45, 2.75) is 6.92 Å². The molecule has 1 heterocycles. The molecule has 0 unspecified atom stereocenters. The summed E-state index contributed by atoms with van der Waals surface area (Å²) < 4.78 is 0. The molecule has 0 aromatic heterocycles. The van der Waals surface area contributed by atoms with Crippen molar-refractivity contribution in [2.24, 2.45) is 0 Å². The second-order valence-corrected chi connectivity index (χ2v) is 2.21. The first kappa shape index (κ1) is 7.48. The quantitative estimate of drug-likeness (QED) is 0.537. The minimum atomic E-state index is -0.198. The molecule has 0 aromatic rings. The fraction of sp³-hybridized carbons (Fsp3) is 0.286. The Morgan fingerprint density at radius 3 is 2.82 bits per heavy atom. The van der Waals surface area contributed by atoms with Crippen LogP contribution in [0.15, 0.2) is 11.6 Å². The number of hydrogen-bond acceptors (Lipinski definition) is 3. The van der Waals surface area contributed by atoms with Gasteiger partial charge in [0.1, 0.15) is 11.9 Å². The van der Waals surface area contributed by atoms with Crippen LogP contribution in [-0.2, 0) is 4.79 Å². The van der Waals surface area contributed by atoms with Crippen LogP contribution in [0.4, 0.5) is 0 Å². The molecule has 4 nitrogen and oxygen atoms in total. The Morgan fingerprint density at radius 1 is 1.91 bits per heavy atom. The van der Waals surface area contributed by atoms with Gasteiger partial charge in [0.2, 0.25) is 5.91 Å². The highest BCUT2D eigenvalue weighted by Crippen LogP contribution is 2.09. The number of amides is 1. The molecule has 0 aliphatic carbocycles. The summed E-state index contributed by atoms with van der Waals surface area (Å²) in [4.78, 5) is 12.0. The van der Waals surface area contributed by atoms with Gasteiger partial charge in [-0.3, -0.25) is 15.1 Å². The highest BCUT2D eigenvalue weighted by Gasteiger charge is 2.22. The van der Waals surface area contributed by atoms with Crippen LogP contribution in [0, 0.1) is 16.7 Å². The monoisotopic (exact) mass is 149 g/mol. The lowest BCUT2D eigenvalue weighted by molar-refractivity contribution is -0.124. The van der Waals surface area contributed by atoms with E-state index in [-0.39, 0.29) is 17.3 Å². The summed E-state index contributed by atoms with van der Waals surface area (Å²) in [6.45, 7) is 1.74. The molecular formula is C7H7N3O. The van der Waals surface area contributed by atoms with Crippen molar-refractivity contribution in [3.8, 4) is 6.07 Å². The summed E-state index contributed by atoms with van der Waals surface area (Å²) in [7, 11) is 0. The van der Waals surface area contributed by atoms with Crippen molar-refractivity contribution >= 4 is 11.7 Å². The van der Waals surface area contributed by atoms with Crippen LogP contribution in [0.2, 0.25) is 0 Å². The van der Waals surface area contributed by atoms with Crippen molar-refractivity contribution in [1.82, 2.24) is 4.90 Å². The van der Waals surface area contributed by atoms with Crippen molar-refractivity contribution in [1.29, 1.82) is 10.7 Å². The van der Waals surface area contributed by atoms with Gasteiger partial charge in [0.05, 0.1) is 5.57 Å². The number of nitriles is 1. The summed E-state index contributed by atoms with van der Waals surface area (Å²) in [6, 6.07) is 1.84. The Morgan fingerprint density at radius 2 is 2.55 bits per heavy atom. The molecule has 0 fully saturated rings. The maximum absolute atomic E-state index is 10.8. The van der Waals surface area contributed by atoms with Gasteiger partial charge >= 0.3 is 0 Å². The van der Waals surface area contributed by atoms with E-state index in [4.69, 9.17) is 10.7 Å². The van der Waals surface area contributed by atoms with E-state index >= 15 is 0 Å². The lowest BCUT2D eigenvalue weighted by Crippen LogP contribution is -2.30. The molecule has 0 aromatic carbocycles. The molecule has 0 saturated carbocycles. The fourth-order valence-corrected chi connectivity index (χ4v) is 0.901. The number of hydrogen-bond donors (Lipinski definition) is 1. The van der Waals surface area contributed by atoms with Gasteiger partial charge in [-0.15, -0.1) is 0 Å². The zero-order valence-corrected chi connectivity index (χ0v) is 6.09. The first-order valence-corrected chi connectivity index (χ1v) is 3.14. The normalized spacial score (nSPS) is 16.2. The molecule has 0 saturated heterocycles. The van der Waals surface area contributed by atoms with Crippen LogP contribution in [0.1, 0.15) is 6.92 Å². The first-order chi connectivity index (χ1) is 5.16. The summed E-state index contributed by atoms with van der Waals surface area (Å²) in [5.41, 5.74) is 0.278. The minimum absolute atomic E-state index is 0.0139. The number of rotatable bonds is 0. The summed E-state index contributed by atoms with van der Waals surface area (Å²) in [5, 5.41) is 15.7. The standard InChI is InChI=1S/C7H7N3O/c1-5(11)10-3-2-6(4-8)7(10)9/h2,9H,3H2,1H3. The highest BCUT2D eigenvalue weighted by molar-refractivity contribution is 6.09. The predicted octanol–water partition coefficient (Wildman–Crippen LogP) is 0.276. The maximum atomic E-state index is 10.8. The summed E-state index contributed by atoms with van der Waals surface area (Å²) >= 11 is 0. The van der Waals surface area contributed by atoms with Gasteiger partial charge in [-0.1, -0.05) is 0 Å². The molecular weight excluding hydrogens is 142 g/mol. The molecule has 56 valence electrons. The molecule has 1 N–H and O–H groups in total. The van der Waals surface area contributed by atoms with Gasteiger partial charge < -0.3 is 0 Å². The van der Waals surface area contributed by atoms with Crippen molar-refractivity contribution in [3.63, 3.8) is 0 Å². The topological polar surface area (TPSA) is 68.0 Å². The van der Waals surface area contributed by atoms with Gasteiger partial charge in [0.25, 0.3) is 0 Å². The van der Waals surface area contributed by atoms with E-state index in [2.05, 4.69) is 0 Å². The van der Waals surface area contributed by atoms with Gasteiger partial charge in [0, 0.05) is 13.5 Å². The van der Waals surface area contributed by atoms with E-state index in [1.54, 1.807) is 6.08 Å². The smallest absolute Gasteiger partial charge is 0.225 e. The Hall–Kier alpha value is -1.63. The Kier molecular flexibility index (Phi) is 1.73. The largest absolute Gasteiger partial charge is 0.293 e. The van der Waals surface area contributed by atoms with Crippen LogP contribution in [-0.4, -0.2) is 23.2 Å². The molecule has 1 aliphatic rings. The van der Waals surface area contributed by atoms with Crippen LogP contribution in [0.3, 0.4) is 0 Å². The van der Waals surface area contributed by atoms with Crippen LogP contribution in [0.25, 0.3) is 0 Å². The van der Waals surface area contributed by atoms with Crippen molar-refractivity contribution in [2.75, 3.05) is 6.54 Å². The van der Waals surface area contributed by atoms with Crippen LogP contribution < -0.4 is 0 Å². The van der Waals surface area contributed by atoms with Gasteiger partial charge in [-0.25, -0.2) is 0 Å². The van der Waals surface area contributed by atoms with Crippen molar-refractivity contribution < 1.29 is 4.79 Å². The highest BCUT2D eigenvalue weighted by atomic mass is 16.2. The minimum Gasteiger partial charge on any atom is -0.293 e. The van der Waals surface area contributed by atoms with Crippen LogP contribution >= 0.6 is 0 Å².